The average molecular weight is 242 g/mol. The number of benzene rings is 1. The molecule has 0 amide bonds. The molecule has 0 unspecified atom stereocenters. The Hall–Kier alpha value is -0.770. The Balaban J connectivity index is 2.08. The third-order valence-electron chi connectivity index (χ3n) is 3.09. The molecule has 1 aromatic carbocycles. The van der Waals surface area contributed by atoms with Crippen LogP contribution >= 0.6 is 11.6 Å². The predicted octanol–water partition coefficient (Wildman–Crippen LogP) is 1.96. The van der Waals surface area contributed by atoms with Crippen LogP contribution < -0.4 is 10.1 Å². The standard InChI is InChI=1S/C12H16ClNO2/c1-16-11-4-2-3-10(13)9(11)7-14-12(8-15)5-6-12/h2-4,14-15H,5-8H2,1H3. The van der Waals surface area contributed by atoms with Gasteiger partial charge in [0.15, 0.2) is 0 Å². The summed E-state index contributed by atoms with van der Waals surface area (Å²) in [5.41, 5.74) is 0.871. The minimum atomic E-state index is -0.0792. The molecular weight excluding hydrogens is 226 g/mol. The van der Waals surface area contributed by atoms with E-state index in [0.717, 1.165) is 24.2 Å². The van der Waals surface area contributed by atoms with Gasteiger partial charge in [0.25, 0.3) is 0 Å². The molecule has 1 aliphatic rings. The molecule has 0 bridgehead atoms. The van der Waals surface area contributed by atoms with E-state index in [1.54, 1.807) is 7.11 Å². The van der Waals surface area contributed by atoms with Gasteiger partial charge in [0.05, 0.1) is 13.7 Å². The van der Waals surface area contributed by atoms with Gasteiger partial charge in [-0.25, -0.2) is 0 Å². The molecule has 2 N–H and O–H groups in total. The van der Waals surface area contributed by atoms with E-state index < -0.39 is 0 Å². The Bertz CT molecular complexity index is 377. The number of aliphatic hydroxyl groups is 1. The number of ether oxygens (including phenoxy) is 1. The molecule has 88 valence electrons. The maximum Gasteiger partial charge on any atom is 0.124 e. The highest BCUT2D eigenvalue weighted by atomic mass is 35.5. The van der Waals surface area contributed by atoms with Gasteiger partial charge in [0, 0.05) is 22.7 Å². The zero-order chi connectivity index (χ0) is 11.6. The lowest BCUT2D eigenvalue weighted by molar-refractivity contribution is 0.229. The van der Waals surface area contributed by atoms with Crippen LogP contribution in [-0.4, -0.2) is 24.4 Å². The van der Waals surface area contributed by atoms with Crippen molar-refractivity contribution in [3.05, 3.63) is 28.8 Å². The molecule has 1 fully saturated rings. The molecule has 0 atom stereocenters. The fraction of sp³-hybridized carbons (Fsp3) is 0.500. The normalized spacial score (nSPS) is 17.2. The lowest BCUT2D eigenvalue weighted by atomic mass is 10.1. The first-order valence-electron chi connectivity index (χ1n) is 5.38. The van der Waals surface area contributed by atoms with E-state index in [9.17, 15) is 5.11 Å². The molecule has 0 aromatic heterocycles. The second kappa shape index (κ2) is 4.62. The zero-order valence-corrected chi connectivity index (χ0v) is 10.0. The number of rotatable bonds is 5. The van der Waals surface area contributed by atoms with Gasteiger partial charge in [-0.2, -0.15) is 0 Å². The monoisotopic (exact) mass is 241 g/mol. The van der Waals surface area contributed by atoms with Crippen LogP contribution in [0.15, 0.2) is 18.2 Å². The van der Waals surface area contributed by atoms with Gasteiger partial charge in [0.2, 0.25) is 0 Å². The van der Waals surface area contributed by atoms with Crippen molar-refractivity contribution >= 4 is 11.6 Å². The molecule has 1 aromatic rings. The van der Waals surface area contributed by atoms with Crippen molar-refractivity contribution in [1.29, 1.82) is 0 Å². The minimum absolute atomic E-state index is 0.0792. The summed E-state index contributed by atoms with van der Waals surface area (Å²) in [6.07, 6.45) is 2.05. The van der Waals surface area contributed by atoms with E-state index in [2.05, 4.69) is 5.32 Å². The Morgan fingerprint density at radius 2 is 2.25 bits per heavy atom. The highest BCUT2D eigenvalue weighted by Gasteiger charge is 2.41. The van der Waals surface area contributed by atoms with Gasteiger partial charge in [-0.05, 0) is 25.0 Å². The molecule has 0 saturated heterocycles. The van der Waals surface area contributed by atoms with Gasteiger partial charge in [-0.1, -0.05) is 17.7 Å². The summed E-state index contributed by atoms with van der Waals surface area (Å²) in [5, 5.41) is 13.2. The third kappa shape index (κ3) is 2.32. The van der Waals surface area contributed by atoms with Crippen LogP contribution in [-0.2, 0) is 6.54 Å². The topological polar surface area (TPSA) is 41.5 Å². The highest BCUT2D eigenvalue weighted by Crippen LogP contribution is 2.36. The number of aliphatic hydroxyl groups excluding tert-OH is 1. The van der Waals surface area contributed by atoms with Gasteiger partial charge < -0.3 is 15.2 Å². The summed E-state index contributed by atoms with van der Waals surface area (Å²) in [6.45, 7) is 0.809. The van der Waals surface area contributed by atoms with E-state index >= 15 is 0 Å². The Morgan fingerprint density at radius 3 is 2.81 bits per heavy atom. The highest BCUT2D eigenvalue weighted by molar-refractivity contribution is 6.31. The molecule has 3 nitrogen and oxygen atoms in total. The first-order chi connectivity index (χ1) is 7.71. The molecule has 0 aliphatic heterocycles. The van der Waals surface area contributed by atoms with Crippen LogP contribution in [0.3, 0.4) is 0 Å². The second-order valence-corrected chi connectivity index (χ2v) is 4.62. The SMILES string of the molecule is COc1cccc(Cl)c1CNC1(CO)CC1. The number of methoxy groups -OCH3 is 1. The largest absolute Gasteiger partial charge is 0.496 e. The average Bonchev–Trinajstić information content (AvgIpc) is 3.08. The van der Waals surface area contributed by atoms with Crippen molar-refractivity contribution in [2.24, 2.45) is 0 Å². The number of halogens is 1. The van der Waals surface area contributed by atoms with Crippen LogP contribution in [0.5, 0.6) is 5.75 Å². The van der Waals surface area contributed by atoms with E-state index in [1.165, 1.54) is 0 Å². The Labute approximate surface area is 100 Å². The maximum atomic E-state index is 9.20. The fourth-order valence-corrected chi connectivity index (χ4v) is 1.95. The lowest BCUT2D eigenvalue weighted by Crippen LogP contribution is -2.34. The summed E-state index contributed by atoms with van der Waals surface area (Å²) < 4.78 is 5.26. The van der Waals surface area contributed by atoms with Crippen molar-refractivity contribution < 1.29 is 9.84 Å². The van der Waals surface area contributed by atoms with Crippen molar-refractivity contribution in [3.63, 3.8) is 0 Å². The van der Waals surface area contributed by atoms with Crippen molar-refractivity contribution in [1.82, 2.24) is 5.32 Å². The van der Waals surface area contributed by atoms with E-state index in [-0.39, 0.29) is 12.1 Å². The van der Waals surface area contributed by atoms with Gasteiger partial charge in [-0.15, -0.1) is 0 Å². The van der Waals surface area contributed by atoms with Crippen LogP contribution in [0.2, 0.25) is 5.02 Å². The molecule has 0 heterocycles. The first kappa shape index (κ1) is 11.7. The van der Waals surface area contributed by atoms with Crippen LogP contribution in [0, 0.1) is 0 Å². The summed E-state index contributed by atoms with van der Waals surface area (Å²) in [4.78, 5) is 0. The zero-order valence-electron chi connectivity index (χ0n) is 9.29. The number of hydrogen-bond donors (Lipinski definition) is 2. The number of hydrogen-bond acceptors (Lipinski definition) is 3. The number of nitrogens with one attached hydrogen (secondary N) is 1. The molecule has 1 aliphatic carbocycles. The summed E-state index contributed by atoms with van der Waals surface area (Å²) in [7, 11) is 1.63. The molecule has 1 saturated carbocycles. The quantitative estimate of drug-likeness (QED) is 0.828. The predicted molar refractivity (Wildman–Crippen MR) is 63.9 cm³/mol. The second-order valence-electron chi connectivity index (χ2n) is 4.21. The Kier molecular flexibility index (Phi) is 3.38. The smallest absolute Gasteiger partial charge is 0.124 e. The molecule has 0 radical (unpaired) electrons. The molecule has 16 heavy (non-hydrogen) atoms. The Morgan fingerprint density at radius 1 is 1.50 bits per heavy atom. The van der Waals surface area contributed by atoms with Gasteiger partial charge in [-0.3, -0.25) is 0 Å². The van der Waals surface area contributed by atoms with E-state index in [4.69, 9.17) is 16.3 Å². The summed E-state index contributed by atoms with van der Waals surface area (Å²) in [5.74, 6) is 0.786. The summed E-state index contributed by atoms with van der Waals surface area (Å²) >= 11 is 6.12. The van der Waals surface area contributed by atoms with Crippen LogP contribution in [0.25, 0.3) is 0 Å². The van der Waals surface area contributed by atoms with E-state index in [1.807, 2.05) is 18.2 Å². The van der Waals surface area contributed by atoms with E-state index in [0.29, 0.717) is 11.6 Å². The lowest BCUT2D eigenvalue weighted by Gasteiger charge is -2.16. The van der Waals surface area contributed by atoms with Gasteiger partial charge in [0.1, 0.15) is 5.75 Å². The molecular formula is C12H16ClNO2. The minimum Gasteiger partial charge on any atom is -0.496 e. The molecule has 0 spiro atoms. The van der Waals surface area contributed by atoms with Crippen molar-refractivity contribution in [2.45, 2.75) is 24.9 Å². The fourth-order valence-electron chi connectivity index (χ4n) is 1.72. The van der Waals surface area contributed by atoms with Gasteiger partial charge >= 0.3 is 0 Å². The van der Waals surface area contributed by atoms with Crippen molar-refractivity contribution in [3.8, 4) is 5.75 Å². The van der Waals surface area contributed by atoms with Crippen molar-refractivity contribution in [2.75, 3.05) is 13.7 Å². The summed E-state index contributed by atoms with van der Waals surface area (Å²) in [6, 6.07) is 5.60. The maximum absolute atomic E-state index is 9.20. The molecule has 4 heteroatoms. The first-order valence-corrected chi connectivity index (χ1v) is 5.76. The van der Waals surface area contributed by atoms with Crippen LogP contribution in [0.4, 0.5) is 0 Å². The molecule has 2 rings (SSSR count). The van der Waals surface area contributed by atoms with Crippen LogP contribution in [0.1, 0.15) is 18.4 Å². The third-order valence-corrected chi connectivity index (χ3v) is 3.45.